The van der Waals surface area contributed by atoms with Crippen LogP contribution in [0.15, 0.2) is 65.1 Å². The molecule has 16 atom stereocenters. The molecule has 5 N–H and O–H groups in total. The van der Waals surface area contributed by atoms with E-state index >= 15 is 0 Å². The van der Waals surface area contributed by atoms with E-state index in [2.05, 4.69) is 25.3 Å². The number of aliphatic hydroxyl groups is 2. The van der Waals surface area contributed by atoms with Gasteiger partial charge >= 0.3 is 12.1 Å². The Hall–Kier alpha value is -5.38. The van der Waals surface area contributed by atoms with Crippen LogP contribution in [0, 0.1) is 36.5 Å². The number of ether oxygens (including phenoxy) is 6. The van der Waals surface area contributed by atoms with Gasteiger partial charge in [0.25, 0.3) is 11.7 Å². The Balaban J connectivity index is 1.45. The van der Waals surface area contributed by atoms with Crippen molar-refractivity contribution in [2.24, 2.45) is 40.4 Å². The number of ketones is 2. The van der Waals surface area contributed by atoms with E-state index in [1.54, 1.807) is 60.2 Å². The molecule has 2 bridgehead atoms. The Morgan fingerprint density at radius 1 is 0.923 bits per heavy atom. The summed E-state index contributed by atoms with van der Waals surface area (Å²) in [5, 5.41) is 30.6. The van der Waals surface area contributed by atoms with E-state index in [1.807, 2.05) is 44.2 Å². The molecular weight excluding hydrogens is 1000 g/mol. The van der Waals surface area contributed by atoms with Crippen molar-refractivity contribution in [2.75, 3.05) is 27.9 Å². The number of carbonyl (C=O) groups is 5. The number of Topliss-reactive ketones (excluding diaryl/α,β-unsaturated/α-hetero) is 2. The van der Waals surface area contributed by atoms with Gasteiger partial charge in [0.05, 0.1) is 18.3 Å². The van der Waals surface area contributed by atoms with Gasteiger partial charge in [-0.25, -0.2) is 19.6 Å². The molecule has 1 saturated carbocycles. The lowest BCUT2D eigenvalue weighted by Crippen LogP contribution is -2.61. The van der Waals surface area contributed by atoms with Crippen LogP contribution >= 0.6 is 0 Å². The number of alkyl carbamates (subject to hydrolysis) is 1. The molecule has 0 radical (unpaired) electrons. The fraction of sp³-hybridized carbons (Fsp3) is 0.702. The first-order valence-electron chi connectivity index (χ1n) is 27.6. The van der Waals surface area contributed by atoms with Gasteiger partial charge in [-0.3, -0.25) is 14.4 Å². The molecule has 2 saturated heterocycles. The zero-order valence-electron chi connectivity index (χ0n) is 47.3. The predicted molar refractivity (Wildman–Crippen MR) is 290 cm³/mol. The van der Waals surface area contributed by atoms with Crippen molar-refractivity contribution in [3.63, 3.8) is 0 Å². The Kier molecular flexibility index (Phi) is 24.6. The van der Waals surface area contributed by atoms with Crippen LogP contribution in [0.3, 0.4) is 0 Å². The topological polar surface area (TPSA) is 297 Å². The standard InChI is InChI=1S/C57H86N8O13/c1-33-16-12-11-13-17-34(2)47(73-8)28-42-21-19-38(6)57(72,78-42)53(68)54(69)65-23-15-14-18-45(65)55(70)76-48(29-44(63-64-59)35(3)25-37(5)51(67)52(75-10)50(66)36(4)24-33)43(58)26-40-20-22-46(49(27-40)74-9)77-56(71)62-32-41-30-60-39(7)61-31-41/h11-13,16-17,25,30-31,33,35-36,38,40,42-49,51-52,67,72H,14-15,18-24,26-29,32,58H2,1-10H3,(H,62,71)/b13-11?,16-12+,34-17?,37-25+/t33-,35-,36-,38-,40+,42+,43-,44?,45+,46-,47+,48+,49-,51-,52+,57-/m1/s1. The number of cyclic esters (lactones) is 1. The fourth-order valence-corrected chi connectivity index (χ4v) is 11.2. The van der Waals surface area contributed by atoms with Crippen molar-refractivity contribution in [3.8, 4) is 0 Å². The second-order valence-corrected chi connectivity index (χ2v) is 22.1. The van der Waals surface area contributed by atoms with Crippen molar-refractivity contribution in [1.82, 2.24) is 20.2 Å². The number of azide groups is 1. The number of aliphatic hydroxyl groups excluding tert-OH is 1. The molecule has 3 fully saturated rings. The van der Waals surface area contributed by atoms with E-state index in [4.69, 9.17) is 34.2 Å². The number of amides is 2. The molecule has 21 nitrogen and oxygen atoms in total. The number of nitrogens with one attached hydrogen (secondary N) is 1. The lowest BCUT2D eigenvalue weighted by molar-refractivity contribution is -0.265. The summed E-state index contributed by atoms with van der Waals surface area (Å²) in [5.41, 5.74) is 19.0. The van der Waals surface area contributed by atoms with Crippen LogP contribution in [-0.2, 0) is 54.1 Å². The van der Waals surface area contributed by atoms with E-state index in [0.717, 1.165) is 10.5 Å². The van der Waals surface area contributed by atoms with Crippen LogP contribution < -0.4 is 11.1 Å². The minimum atomic E-state index is -2.48. The fourth-order valence-electron chi connectivity index (χ4n) is 11.2. The number of rotatable bonds is 10. The van der Waals surface area contributed by atoms with Gasteiger partial charge in [-0.15, -0.1) is 0 Å². The van der Waals surface area contributed by atoms with Crippen LogP contribution in [0.2, 0.25) is 0 Å². The van der Waals surface area contributed by atoms with Gasteiger partial charge in [0.2, 0.25) is 5.79 Å². The largest absolute Gasteiger partial charge is 0.459 e. The monoisotopic (exact) mass is 1090 g/mol. The molecule has 3 aliphatic heterocycles. The highest BCUT2D eigenvalue weighted by molar-refractivity contribution is 6.39. The Bertz CT molecular complexity index is 2360. The summed E-state index contributed by atoms with van der Waals surface area (Å²) in [5.74, 6) is -7.20. The van der Waals surface area contributed by atoms with Gasteiger partial charge in [-0.1, -0.05) is 69.3 Å². The van der Waals surface area contributed by atoms with E-state index < -0.39 is 108 Å². The lowest BCUT2D eigenvalue weighted by Gasteiger charge is -2.43. The van der Waals surface area contributed by atoms with Crippen molar-refractivity contribution >= 4 is 29.5 Å². The number of hydrogen-bond acceptors (Lipinski definition) is 17. The zero-order chi connectivity index (χ0) is 57.3. The highest BCUT2D eigenvalue weighted by Gasteiger charge is 2.53. The number of aromatic nitrogens is 2. The average Bonchev–Trinajstić information content (AvgIpc) is 3.44. The molecular formula is C57H86N8O13. The molecule has 0 aromatic carbocycles. The molecule has 21 heteroatoms. The van der Waals surface area contributed by atoms with Crippen molar-refractivity contribution in [3.05, 3.63) is 81.8 Å². The Morgan fingerprint density at radius 2 is 1.65 bits per heavy atom. The number of nitrogens with zero attached hydrogens (tertiary/aromatic N) is 6. The Labute approximate surface area is 459 Å². The molecule has 2 amide bonds. The van der Waals surface area contributed by atoms with Gasteiger partial charge in [-0.2, -0.15) is 0 Å². The number of aryl methyl sites for hydroxylation is 1. The minimum Gasteiger partial charge on any atom is -0.459 e. The maximum Gasteiger partial charge on any atom is 0.407 e. The molecule has 4 aliphatic rings. The number of esters is 1. The molecule has 1 aromatic rings. The number of carbonyl (C=O) groups excluding carboxylic acids is 5. The first-order chi connectivity index (χ1) is 37.1. The normalized spacial score (nSPS) is 35.2. The van der Waals surface area contributed by atoms with Crippen molar-refractivity contribution in [1.29, 1.82) is 0 Å². The van der Waals surface area contributed by atoms with Gasteiger partial charge in [0.15, 0.2) is 5.78 Å². The van der Waals surface area contributed by atoms with Gasteiger partial charge in [0.1, 0.15) is 36.3 Å². The first kappa shape index (κ1) is 63.5. The minimum absolute atomic E-state index is 0.0131. The van der Waals surface area contributed by atoms with Crippen LogP contribution in [0.25, 0.3) is 10.4 Å². The molecule has 5 rings (SSSR count). The number of hydrogen-bond donors (Lipinski definition) is 4. The SMILES string of the molecule is CO[C@H]1C[C@@H]2CC[C@@H](C)[C@@](O)(O2)C(=O)C(=O)N2CCCC[C@H]2C(=O)O[C@H]([C@H](N)C[C@@H]2CC[C@@H](OC(=O)NCc3cnc(C)nc3)[C@H](OC)C2)CC(N=[N+]=[N-])[C@H](C)/C=C(\C)[C@@H](O)[C@@H](OC)C(=O)[C@H](C)C[C@H](C)/C=C/C=CC=C1C. The summed E-state index contributed by atoms with van der Waals surface area (Å²) in [4.78, 5) is 83.0. The summed E-state index contributed by atoms with van der Waals surface area (Å²) < 4.78 is 35.7. The van der Waals surface area contributed by atoms with Crippen LogP contribution in [-0.4, -0.2) is 149 Å². The number of nitrogens with two attached hydrogens (primary N) is 1. The third-order valence-electron chi connectivity index (χ3n) is 16.1. The predicted octanol–water partition coefficient (Wildman–Crippen LogP) is 7.01. The van der Waals surface area contributed by atoms with E-state index in [1.165, 1.54) is 14.2 Å². The molecule has 1 aliphatic carbocycles. The summed E-state index contributed by atoms with van der Waals surface area (Å²) in [6.07, 6.45) is 12.4. The summed E-state index contributed by atoms with van der Waals surface area (Å²) in [7, 11) is 4.47. The molecule has 1 unspecified atom stereocenters. The smallest absolute Gasteiger partial charge is 0.407 e. The highest BCUT2D eigenvalue weighted by Crippen LogP contribution is 2.38. The summed E-state index contributed by atoms with van der Waals surface area (Å²) >= 11 is 0. The molecule has 78 heavy (non-hydrogen) atoms. The number of piperidine rings is 1. The van der Waals surface area contributed by atoms with Crippen LogP contribution in [0.5, 0.6) is 0 Å². The van der Waals surface area contributed by atoms with Gasteiger partial charge in [0, 0.05) is 87.6 Å². The highest BCUT2D eigenvalue weighted by atomic mass is 16.6. The van der Waals surface area contributed by atoms with E-state index in [9.17, 15) is 39.7 Å². The quantitative estimate of drug-likeness (QED) is 0.0457. The van der Waals surface area contributed by atoms with E-state index in [-0.39, 0.29) is 50.0 Å². The number of fused-ring (bicyclic) bond motifs is 3. The van der Waals surface area contributed by atoms with Crippen molar-refractivity contribution < 1.29 is 62.6 Å². The third-order valence-corrected chi connectivity index (χ3v) is 16.1. The maximum atomic E-state index is 14.7. The summed E-state index contributed by atoms with van der Waals surface area (Å²) in [6, 6.07) is -3.02. The lowest BCUT2D eigenvalue weighted by atomic mass is 9.80. The molecule has 4 heterocycles. The average molecular weight is 1090 g/mol. The first-order valence-corrected chi connectivity index (χ1v) is 27.6. The second kappa shape index (κ2) is 30.3. The maximum absolute atomic E-state index is 14.7. The summed E-state index contributed by atoms with van der Waals surface area (Å²) in [6.45, 7) is 12.8. The van der Waals surface area contributed by atoms with E-state index in [0.29, 0.717) is 74.7 Å². The third kappa shape index (κ3) is 17.3. The number of allylic oxidation sites excluding steroid dienone is 5. The number of methoxy groups -OCH3 is 3. The zero-order valence-corrected chi connectivity index (χ0v) is 47.3. The van der Waals surface area contributed by atoms with Crippen LogP contribution in [0.4, 0.5) is 4.79 Å². The van der Waals surface area contributed by atoms with Crippen molar-refractivity contribution in [2.45, 2.75) is 199 Å². The molecule has 432 valence electrons. The molecule has 0 spiro atoms. The van der Waals surface area contributed by atoms with Gasteiger partial charge in [-0.05, 0) is 126 Å². The van der Waals surface area contributed by atoms with Crippen LogP contribution in [0.1, 0.15) is 130 Å². The Morgan fingerprint density at radius 3 is 2.33 bits per heavy atom. The molecule has 1 aromatic heterocycles. The second-order valence-electron chi connectivity index (χ2n) is 22.1. The van der Waals surface area contributed by atoms with Gasteiger partial charge < -0.3 is 54.6 Å².